The van der Waals surface area contributed by atoms with Crippen molar-refractivity contribution in [1.82, 2.24) is 0 Å². The van der Waals surface area contributed by atoms with E-state index >= 15 is 0 Å². The highest BCUT2D eigenvalue weighted by Crippen LogP contribution is 2.20. The van der Waals surface area contributed by atoms with Crippen LogP contribution in [0.15, 0.2) is 12.1 Å². The number of nitriles is 1. The molecule has 72 valence electrons. The predicted octanol–water partition coefficient (Wildman–Crippen LogP) is 1.98. The summed E-state index contributed by atoms with van der Waals surface area (Å²) in [7, 11) is 0. The van der Waals surface area contributed by atoms with Crippen LogP contribution in [0.3, 0.4) is 0 Å². The molecular weight excluding hydrogens is 209 g/mol. The van der Waals surface area contributed by atoms with Gasteiger partial charge in [-0.1, -0.05) is 11.6 Å². The molecule has 1 aromatic rings. The maximum absolute atomic E-state index is 13.2. The fraction of sp³-hybridized carbons (Fsp3) is 0.111. The van der Waals surface area contributed by atoms with Crippen LogP contribution in [0, 0.1) is 17.1 Å². The van der Waals surface area contributed by atoms with Crippen LogP contribution in [-0.4, -0.2) is 11.1 Å². The van der Waals surface area contributed by atoms with E-state index in [1.807, 2.05) is 0 Å². The summed E-state index contributed by atoms with van der Waals surface area (Å²) in [6, 6.07) is 4.10. The van der Waals surface area contributed by atoms with Crippen molar-refractivity contribution < 1.29 is 14.3 Å². The third kappa shape index (κ3) is 2.21. The van der Waals surface area contributed by atoms with Gasteiger partial charge in [-0.25, -0.2) is 4.39 Å². The van der Waals surface area contributed by atoms with E-state index in [0.717, 1.165) is 6.07 Å². The second-order valence-corrected chi connectivity index (χ2v) is 3.02. The highest BCUT2D eigenvalue weighted by molar-refractivity contribution is 6.30. The first-order valence-electron chi connectivity index (χ1n) is 3.64. The van der Waals surface area contributed by atoms with Crippen LogP contribution in [0.25, 0.3) is 0 Å². The SMILES string of the molecule is N#Cc1cc(Cl)c(F)c(CC(=O)O)c1. The summed E-state index contributed by atoms with van der Waals surface area (Å²) in [5, 5.41) is 16.8. The number of halogens is 2. The number of benzene rings is 1. The first-order valence-corrected chi connectivity index (χ1v) is 4.02. The molecule has 0 radical (unpaired) electrons. The number of rotatable bonds is 2. The molecule has 0 fully saturated rings. The molecule has 0 unspecified atom stereocenters. The molecule has 0 atom stereocenters. The van der Waals surface area contributed by atoms with Gasteiger partial charge in [-0.3, -0.25) is 4.79 Å². The van der Waals surface area contributed by atoms with Crippen LogP contribution < -0.4 is 0 Å². The van der Waals surface area contributed by atoms with Crippen molar-refractivity contribution >= 4 is 17.6 Å². The van der Waals surface area contributed by atoms with Crippen LogP contribution in [0.5, 0.6) is 0 Å². The molecule has 0 heterocycles. The molecule has 0 aliphatic rings. The second kappa shape index (κ2) is 4.07. The van der Waals surface area contributed by atoms with Crippen molar-refractivity contribution in [3.8, 4) is 6.07 Å². The van der Waals surface area contributed by atoms with E-state index in [4.69, 9.17) is 22.0 Å². The van der Waals surface area contributed by atoms with Crippen molar-refractivity contribution in [3.63, 3.8) is 0 Å². The highest BCUT2D eigenvalue weighted by atomic mass is 35.5. The van der Waals surface area contributed by atoms with Gasteiger partial charge in [-0.05, 0) is 12.1 Å². The Balaban J connectivity index is 3.21. The van der Waals surface area contributed by atoms with Crippen molar-refractivity contribution in [3.05, 3.63) is 34.1 Å². The van der Waals surface area contributed by atoms with Gasteiger partial charge in [0, 0.05) is 5.56 Å². The summed E-state index contributed by atoms with van der Waals surface area (Å²) < 4.78 is 13.2. The Morgan fingerprint density at radius 3 is 2.79 bits per heavy atom. The Kier molecular flexibility index (Phi) is 3.05. The molecule has 0 bridgehead atoms. The van der Waals surface area contributed by atoms with E-state index in [1.165, 1.54) is 6.07 Å². The number of carboxylic acid groups (broad SMARTS) is 1. The summed E-state index contributed by atoms with van der Waals surface area (Å²) in [6.07, 6.45) is -0.485. The number of hydrogen-bond acceptors (Lipinski definition) is 2. The fourth-order valence-electron chi connectivity index (χ4n) is 1.00. The molecule has 1 rings (SSSR count). The van der Waals surface area contributed by atoms with E-state index < -0.39 is 18.2 Å². The fourth-order valence-corrected chi connectivity index (χ4v) is 1.24. The van der Waals surface area contributed by atoms with Gasteiger partial charge in [0.05, 0.1) is 23.1 Å². The maximum Gasteiger partial charge on any atom is 0.307 e. The minimum absolute atomic E-state index is 0.0819. The van der Waals surface area contributed by atoms with Gasteiger partial charge in [0.1, 0.15) is 5.82 Å². The molecule has 3 nitrogen and oxygen atoms in total. The Bertz CT molecular complexity index is 426. The zero-order chi connectivity index (χ0) is 10.7. The second-order valence-electron chi connectivity index (χ2n) is 2.61. The van der Waals surface area contributed by atoms with E-state index in [9.17, 15) is 9.18 Å². The molecule has 0 aromatic heterocycles. The summed E-state index contributed by atoms with van der Waals surface area (Å²) in [5.41, 5.74) is 0.0641. The van der Waals surface area contributed by atoms with Gasteiger partial charge in [-0.15, -0.1) is 0 Å². The lowest BCUT2D eigenvalue weighted by Crippen LogP contribution is -2.03. The first kappa shape index (κ1) is 10.5. The standard InChI is InChI=1S/C9H5ClFNO2/c10-7-2-5(4-12)1-6(9(7)11)3-8(13)14/h1-2H,3H2,(H,13,14). The van der Waals surface area contributed by atoms with Gasteiger partial charge in [-0.2, -0.15) is 5.26 Å². The van der Waals surface area contributed by atoms with Crippen LogP contribution in [0.2, 0.25) is 5.02 Å². The molecule has 5 heteroatoms. The molecule has 14 heavy (non-hydrogen) atoms. The van der Waals surface area contributed by atoms with E-state index in [-0.39, 0.29) is 16.1 Å². The van der Waals surface area contributed by atoms with Crippen molar-refractivity contribution in [1.29, 1.82) is 5.26 Å². The quantitative estimate of drug-likeness (QED) is 0.817. The molecule has 0 spiro atoms. The average Bonchev–Trinajstić information content (AvgIpc) is 2.11. The number of hydrogen-bond donors (Lipinski definition) is 1. The molecule has 0 saturated carbocycles. The van der Waals surface area contributed by atoms with E-state index in [1.54, 1.807) is 6.07 Å². The molecule has 0 aliphatic heterocycles. The highest BCUT2D eigenvalue weighted by Gasteiger charge is 2.11. The molecular formula is C9H5ClFNO2. The summed E-state index contributed by atoms with van der Waals surface area (Å²) in [6.45, 7) is 0. The summed E-state index contributed by atoms with van der Waals surface area (Å²) >= 11 is 5.46. The van der Waals surface area contributed by atoms with Crippen LogP contribution in [0.1, 0.15) is 11.1 Å². The van der Waals surface area contributed by atoms with Crippen molar-refractivity contribution in [2.45, 2.75) is 6.42 Å². The third-order valence-corrected chi connectivity index (χ3v) is 1.85. The monoisotopic (exact) mass is 213 g/mol. The minimum atomic E-state index is -1.17. The molecule has 0 saturated heterocycles. The number of carbonyl (C=O) groups is 1. The van der Waals surface area contributed by atoms with Gasteiger partial charge < -0.3 is 5.11 Å². The van der Waals surface area contributed by atoms with Crippen LogP contribution >= 0.6 is 11.6 Å². The minimum Gasteiger partial charge on any atom is -0.481 e. The molecule has 1 N–H and O–H groups in total. The number of carboxylic acids is 1. The molecule has 0 amide bonds. The lowest BCUT2D eigenvalue weighted by molar-refractivity contribution is -0.136. The van der Waals surface area contributed by atoms with E-state index in [0.29, 0.717) is 0 Å². The predicted molar refractivity (Wildman–Crippen MR) is 47.5 cm³/mol. The number of nitrogens with zero attached hydrogens (tertiary/aromatic N) is 1. The Morgan fingerprint density at radius 2 is 2.29 bits per heavy atom. The largest absolute Gasteiger partial charge is 0.481 e. The lowest BCUT2D eigenvalue weighted by atomic mass is 10.1. The van der Waals surface area contributed by atoms with Gasteiger partial charge >= 0.3 is 5.97 Å². The lowest BCUT2D eigenvalue weighted by Gasteiger charge is -2.02. The van der Waals surface area contributed by atoms with Gasteiger partial charge in [0.2, 0.25) is 0 Å². The zero-order valence-electron chi connectivity index (χ0n) is 6.92. The average molecular weight is 214 g/mol. The van der Waals surface area contributed by atoms with Gasteiger partial charge in [0.25, 0.3) is 0 Å². The molecule has 1 aromatic carbocycles. The van der Waals surface area contributed by atoms with Crippen LogP contribution in [0.4, 0.5) is 4.39 Å². The van der Waals surface area contributed by atoms with E-state index in [2.05, 4.69) is 0 Å². The maximum atomic E-state index is 13.2. The summed E-state index contributed by atoms with van der Waals surface area (Å²) in [5.74, 6) is -1.96. The van der Waals surface area contributed by atoms with Crippen LogP contribution in [-0.2, 0) is 11.2 Å². The normalized spacial score (nSPS) is 9.50. The Morgan fingerprint density at radius 1 is 1.64 bits per heavy atom. The van der Waals surface area contributed by atoms with Crippen molar-refractivity contribution in [2.24, 2.45) is 0 Å². The summed E-state index contributed by atoms with van der Waals surface area (Å²) in [4.78, 5) is 10.3. The smallest absolute Gasteiger partial charge is 0.307 e. The Hall–Kier alpha value is -1.60. The number of aliphatic carboxylic acids is 1. The van der Waals surface area contributed by atoms with Crippen molar-refractivity contribution in [2.75, 3.05) is 0 Å². The van der Waals surface area contributed by atoms with Gasteiger partial charge in [0.15, 0.2) is 0 Å². The molecule has 0 aliphatic carbocycles. The topological polar surface area (TPSA) is 61.1 Å². The Labute approximate surface area is 84.3 Å². The third-order valence-electron chi connectivity index (χ3n) is 1.57. The first-order chi connectivity index (χ1) is 6.54. The zero-order valence-corrected chi connectivity index (χ0v) is 7.68.